The zero-order valence-corrected chi connectivity index (χ0v) is 31.1. The fraction of sp³-hybridized carbons (Fsp3) is 0.810. The van der Waals surface area contributed by atoms with Crippen LogP contribution in [0.25, 0.3) is 0 Å². The summed E-state index contributed by atoms with van der Waals surface area (Å²) in [5.41, 5.74) is 0. The lowest BCUT2D eigenvalue weighted by atomic mass is 10.0. The Morgan fingerprint density at radius 2 is 0.667 bits per heavy atom. The Morgan fingerprint density at radius 3 is 0.896 bits per heavy atom. The van der Waals surface area contributed by atoms with Crippen LogP contribution in [0.15, 0.2) is 24.3 Å². The Bertz CT molecular complexity index is 891. The van der Waals surface area contributed by atoms with E-state index in [0.29, 0.717) is 0 Å². The normalized spacial score (nSPS) is 17.8. The number of rotatable bonds is 30. The minimum atomic E-state index is -0.394. The van der Waals surface area contributed by atoms with E-state index in [-0.39, 0.29) is 36.6 Å². The lowest BCUT2D eigenvalue weighted by molar-refractivity contribution is -0.154. The predicted octanol–water partition coefficient (Wildman–Crippen LogP) is 12.2. The van der Waals surface area contributed by atoms with E-state index in [9.17, 15) is 19.2 Å². The van der Waals surface area contributed by atoms with Gasteiger partial charge in [-0.15, -0.1) is 0 Å². The monoisotopic (exact) mass is 673 g/mol. The maximum atomic E-state index is 11.3. The van der Waals surface area contributed by atoms with Gasteiger partial charge in [0.25, 0.3) is 0 Å². The first-order valence-corrected chi connectivity index (χ1v) is 20.3. The summed E-state index contributed by atoms with van der Waals surface area (Å²) >= 11 is 0. The SMILES string of the molecule is CCCCCCCCCCCCCC/C=C/C1CC(=O)OC1=O.CCCCCCCCCCCCCCCC/C=C/C1CC(=O)OC1=O. The van der Waals surface area contributed by atoms with Crippen LogP contribution in [-0.4, -0.2) is 23.9 Å². The molecule has 276 valence electrons. The van der Waals surface area contributed by atoms with E-state index in [2.05, 4.69) is 23.3 Å². The van der Waals surface area contributed by atoms with Gasteiger partial charge < -0.3 is 9.47 Å². The van der Waals surface area contributed by atoms with Crippen molar-refractivity contribution in [2.75, 3.05) is 0 Å². The highest BCUT2D eigenvalue weighted by atomic mass is 16.6. The van der Waals surface area contributed by atoms with Crippen molar-refractivity contribution in [2.45, 2.75) is 206 Å². The van der Waals surface area contributed by atoms with Crippen molar-refractivity contribution < 1.29 is 28.7 Å². The minimum absolute atomic E-state index is 0.216. The fourth-order valence-corrected chi connectivity index (χ4v) is 6.36. The summed E-state index contributed by atoms with van der Waals surface area (Å²) in [7, 11) is 0. The zero-order chi connectivity index (χ0) is 34.9. The molecule has 2 saturated heterocycles. The molecule has 2 fully saturated rings. The molecule has 0 bridgehead atoms. The Balaban J connectivity index is 0.000000482. The highest BCUT2D eigenvalue weighted by molar-refractivity contribution is 5.96. The maximum absolute atomic E-state index is 11.3. The van der Waals surface area contributed by atoms with Crippen molar-refractivity contribution >= 4 is 23.9 Å². The van der Waals surface area contributed by atoms with Gasteiger partial charge in [-0.05, 0) is 25.7 Å². The lowest BCUT2D eigenvalue weighted by Crippen LogP contribution is -2.03. The third-order valence-electron chi connectivity index (χ3n) is 9.49. The number of cyclic esters (lactones) is 4. The summed E-state index contributed by atoms with van der Waals surface area (Å²) in [6.07, 6.45) is 45.6. The molecule has 2 aliphatic heterocycles. The largest absolute Gasteiger partial charge is 0.393 e. The van der Waals surface area contributed by atoms with Gasteiger partial charge in [-0.1, -0.05) is 192 Å². The maximum Gasteiger partial charge on any atom is 0.321 e. The van der Waals surface area contributed by atoms with E-state index in [1.165, 1.54) is 167 Å². The third kappa shape index (κ3) is 25.7. The summed E-state index contributed by atoms with van der Waals surface area (Å²) in [4.78, 5) is 44.4. The van der Waals surface area contributed by atoms with E-state index in [0.717, 1.165) is 12.8 Å². The van der Waals surface area contributed by atoms with E-state index < -0.39 is 11.9 Å². The van der Waals surface area contributed by atoms with Crippen LogP contribution in [-0.2, 0) is 28.7 Å². The summed E-state index contributed by atoms with van der Waals surface area (Å²) in [6.45, 7) is 4.54. The molecule has 0 aliphatic carbocycles. The predicted molar refractivity (Wildman–Crippen MR) is 197 cm³/mol. The fourth-order valence-electron chi connectivity index (χ4n) is 6.36. The van der Waals surface area contributed by atoms with Crippen molar-refractivity contribution in [3.8, 4) is 0 Å². The molecule has 6 heteroatoms. The van der Waals surface area contributed by atoms with Crippen molar-refractivity contribution in [1.29, 1.82) is 0 Å². The van der Waals surface area contributed by atoms with E-state index >= 15 is 0 Å². The molecule has 2 unspecified atom stereocenters. The first-order valence-electron chi connectivity index (χ1n) is 20.3. The van der Waals surface area contributed by atoms with E-state index in [1.54, 1.807) is 0 Å². The highest BCUT2D eigenvalue weighted by Gasteiger charge is 2.31. The average molecular weight is 673 g/mol. The zero-order valence-electron chi connectivity index (χ0n) is 31.1. The molecule has 2 heterocycles. The summed E-state index contributed by atoms with van der Waals surface area (Å²) in [5.74, 6) is -2.23. The number of hydrogen-bond donors (Lipinski definition) is 0. The second-order valence-corrected chi connectivity index (χ2v) is 14.1. The quantitative estimate of drug-likeness (QED) is 0.0327. The molecule has 6 nitrogen and oxygen atoms in total. The first kappa shape index (κ1) is 43.8. The number of hydrogen-bond acceptors (Lipinski definition) is 6. The third-order valence-corrected chi connectivity index (χ3v) is 9.49. The average Bonchev–Trinajstić information content (AvgIpc) is 3.57. The molecule has 0 N–H and O–H groups in total. The van der Waals surface area contributed by atoms with Crippen LogP contribution < -0.4 is 0 Å². The molecule has 0 saturated carbocycles. The van der Waals surface area contributed by atoms with Gasteiger partial charge >= 0.3 is 23.9 Å². The smallest absolute Gasteiger partial charge is 0.321 e. The van der Waals surface area contributed by atoms with Gasteiger partial charge in [-0.2, -0.15) is 0 Å². The second kappa shape index (κ2) is 32.0. The topological polar surface area (TPSA) is 86.7 Å². The molecule has 0 aromatic rings. The molecule has 2 rings (SSSR count). The Morgan fingerprint density at radius 1 is 0.417 bits per heavy atom. The molecular formula is C42H72O6. The molecule has 2 aliphatic rings. The van der Waals surface area contributed by atoms with Crippen LogP contribution in [0.3, 0.4) is 0 Å². The lowest BCUT2D eigenvalue weighted by Gasteiger charge is -2.03. The Labute approximate surface area is 294 Å². The van der Waals surface area contributed by atoms with Crippen LogP contribution >= 0.6 is 0 Å². The summed E-state index contributed by atoms with van der Waals surface area (Å²) in [6, 6.07) is 0. The second-order valence-electron chi connectivity index (χ2n) is 14.1. The van der Waals surface area contributed by atoms with Gasteiger partial charge in [0.15, 0.2) is 0 Å². The van der Waals surface area contributed by atoms with E-state index in [4.69, 9.17) is 0 Å². The van der Waals surface area contributed by atoms with Crippen LogP contribution in [0, 0.1) is 11.8 Å². The van der Waals surface area contributed by atoms with Gasteiger partial charge in [-0.25, -0.2) is 0 Å². The Hall–Kier alpha value is -2.24. The van der Waals surface area contributed by atoms with Crippen LogP contribution in [0.4, 0.5) is 0 Å². The number of unbranched alkanes of at least 4 members (excludes halogenated alkanes) is 26. The summed E-state index contributed by atoms with van der Waals surface area (Å²) < 4.78 is 9.04. The van der Waals surface area contributed by atoms with Gasteiger partial charge in [0.2, 0.25) is 0 Å². The number of carbonyl (C=O) groups excluding carboxylic acids is 4. The molecule has 0 aromatic carbocycles. The van der Waals surface area contributed by atoms with Crippen molar-refractivity contribution in [3.05, 3.63) is 24.3 Å². The van der Waals surface area contributed by atoms with Crippen molar-refractivity contribution in [2.24, 2.45) is 11.8 Å². The molecule has 0 amide bonds. The van der Waals surface area contributed by atoms with Gasteiger partial charge in [0, 0.05) is 0 Å². The van der Waals surface area contributed by atoms with Crippen LogP contribution in [0.2, 0.25) is 0 Å². The number of carbonyl (C=O) groups is 4. The number of ether oxygens (including phenoxy) is 2. The molecule has 48 heavy (non-hydrogen) atoms. The highest BCUT2D eigenvalue weighted by Crippen LogP contribution is 2.19. The standard InChI is InChI=1S/C22H38O3.C20H34O3/c1-2-3-4-5-6-7-8-9-10-11-12-13-14-15-16-17-18-20-19-21(23)25-22(20)24;1-2-3-4-5-6-7-8-9-10-11-12-13-14-15-16-18-17-19(21)23-20(18)22/h17-18,20H,2-16,19H2,1H3;15-16,18H,2-14,17H2,1H3/b18-17+;16-15+. The number of esters is 4. The van der Waals surface area contributed by atoms with Gasteiger partial charge in [-0.3, -0.25) is 19.2 Å². The van der Waals surface area contributed by atoms with Gasteiger partial charge in [0.1, 0.15) is 0 Å². The molecule has 0 radical (unpaired) electrons. The van der Waals surface area contributed by atoms with Crippen LogP contribution in [0.1, 0.15) is 206 Å². The molecule has 0 spiro atoms. The Kier molecular flexibility index (Phi) is 29.2. The van der Waals surface area contributed by atoms with Crippen molar-refractivity contribution in [3.63, 3.8) is 0 Å². The van der Waals surface area contributed by atoms with Gasteiger partial charge in [0.05, 0.1) is 24.7 Å². The molecule has 0 aromatic heterocycles. The summed E-state index contributed by atoms with van der Waals surface area (Å²) in [5, 5.41) is 0. The number of allylic oxidation sites excluding steroid dienone is 2. The molecule has 2 atom stereocenters. The first-order chi connectivity index (χ1) is 23.5. The van der Waals surface area contributed by atoms with E-state index in [1.807, 2.05) is 24.3 Å². The minimum Gasteiger partial charge on any atom is -0.393 e. The van der Waals surface area contributed by atoms with Crippen molar-refractivity contribution in [1.82, 2.24) is 0 Å². The molecular weight excluding hydrogens is 600 g/mol. The van der Waals surface area contributed by atoms with Crippen LogP contribution in [0.5, 0.6) is 0 Å².